The highest BCUT2D eigenvalue weighted by atomic mass is 35.5. The molecule has 2 aromatic carbocycles. The van der Waals surface area contributed by atoms with Crippen molar-refractivity contribution in [2.24, 2.45) is 0 Å². The van der Waals surface area contributed by atoms with Crippen LogP contribution < -0.4 is 9.47 Å². The van der Waals surface area contributed by atoms with Gasteiger partial charge in [0.1, 0.15) is 19.0 Å². The Hall–Kier alpha value is -2.80. The molecule has 0 fully saturated rings. The molecular weight excluding hydrogens is 377 g/mol. The van der Waals surface area contributed by atoms with E-state index in [1.165, 1.54) is 30.1 Å². The average molecular weight is 394 g/mol. The van der Waals surface area contributed by atoms with Gasteiger partial charge in [-0.05, 0) is 18.2 Å². The van der Waals surface area contributed by atoms with Gasteiger partial charge in [-0.1, -0.05) is 29.8 Å². The first-order valence-electron chi connectivity index (χ1n) is 8.19. The van der Waals surface area contributed by atoms with Crippen molar-refractivity contribution in [3.8, 4) is 11.5 Å². The highest BCUT2D eigenvalue weighted by molar-refractivity contribution is 6.32. The molecule has 0 aromatic heterocycles. The van der Waals surface area contributed by atoms with Gasteiger partial charge in [-0.3, -0.25) is 4.79 Å². The smallest absolute Gasteiger partial charge is 0.338 e. The molecule has 0 N–H and O–H groups in total. The lowest BCUT2D eigenvalue weighted by Crippen LogP contribution is -2.31. The van der Waals surface area contributed by atoms with E-state index in [4.69, 9.17) is 25.8 Å². The topological polar surface area (TPSA) is 65.1 Å². The van der Waals surface area contributed by atoms with Gasteiger partial charge >= 0.3 is 5.97 Å². The lowest BCUT2D eigenvalue weighted by molar-refractivity contribution is -0.133. The number of amides is 1. The number of fused-ring (bicyclic) bond motifs is 1. The zero-order valence-electron chi connectivity index (χ0n) is 14.5. The average Bonchev–Trinajstić information content (AvgIpc) is 2.67. The number of halogens is 2. The van der Waals surface area contributed by atoms with Crippen LogP contribution in [0.4, 0.5) is 4.39 Å². The molecule has 1 aliphatic heterocycles. The van der Waals surface area contributed by atoms with Crippen molar-refractivity contribution in [3.63, 3.8) is 0 Å². The Morgan fingerprint density at radius 2 is 1.96 bits per heavy atom. The highest BCUT2D eigenvalue weighted by Crippen LogP contribution is 2.38. The number of hydrogen-bond donors (Lipinski definition) is 0. The summed E-state index contributed by atoms with van der Waals surface area (Å²) in [6, 6.07) is 9.01. The lowest BCUT2D eigenvalue weighted by atomic mass is 10.2. The number of likely N-dealkylation sites (N-methyl/N-ethyl adjacent to an activating group) is 1. The molecule has 0 spiro atoms. The number of hydrogen-bond acceptors (Lipinski definition) is 5. The molecule has 1 heterocycles. The molecule has 0 aliphatic carbocycles. The van der Waals surface area contributed by atoms with Crippen LogP contribution in [0.3, 0.4) is 0 Å². The van der Waals surface area contributed by atoms with E-state index in [9.17, 15) is 14.0 Å². The van der Waals surface area contributed by atoms with Crippen molar-refractivity contribution < 1.29 is 28.2 Å². The molecule has 1 aliphatic rings. The fraction of sp³-hybridized carbons (Fsp3) is 0.263. The third-order valence-electron chi connectivity index (χ3n) is 3.95. The normalized spacial score (nSPS) is 12.4. The summed E-state index contributed by atoms with van der Waals surface area (Å²) in [5, 5.41) is 0.224. The maximum atomic E-state index is 13.7. The van der Waals surface area contributed by atoms with Gasteiger partial charge in [-0.15, -0.1) is 0 Å². The van der Waals surface area contributed by atoms with Crippen LogP contribution in [-0.4, -0.2) is 43.6 Å². The van der Waals surface area contributed by atoms with Crippen molar-refractivity contribution in [3.05, 3.63) is 58.4 Å². The largest absolute Gasteiger partial charge is 0.486 e. The Balaban J connectivity index is 1.59. The van der Waals surface area contributed by atoms with E-state index in [-0.39, 0.29) is 17.1 Å². The van der Waals surface area contributed by atoms with Crippen LogP contribution in [-0.2, 0) is 16.1 Å². The highest BCUT2D eigenvalue weighted by Gasteiger charge is 2.21. The van der Waals surface area contributed by atoms with E-state index in [0.717, 1.165) is 0 Å². The number of carbonyl (C=O) groups is 2. The Morgan fingerprint density at radius 1 is 1.22 bits per heavy atom. The Labute approximate surface area is 160 Å². The van der Waals surface area contributed by atoms with Crippen molar-refractivity contribution in [1.82, 2.24) is 4.90 Å². The zero-order valence-corrected chi connectivity index (χ0v) is 15.3. The number of rotatable bonds is 5. The molecule has 0 saturated heterocycles. The Morgan fingerprint density at radius 3 is 2.74 bits per heavy atom. The van der Waals surface area contributed by atoms with Gasteiger partial charge in [0.2, 0.25) is 0 Å². The molecule has 1 amide bonds. The summed E-state index contributed by atoms with van der Waals surface area (Å²) in [6.45, 7) is 0.315. The third kappa shape index (κ3) is 4.49. The van der Waals surface area contributed by atoms with Gasteiger partial charge in [0.15, 0.2) is 18.1 Å². The summed E-state index contributed by atoms with van der Waals surface area (Å²) in [5.41, 5.74) is 0.520. The summed E-state index contributed by atoms with van der Waals surface area (Å²) < 4.78 is 29.5. The number of ether oxygens (including phenoxy) is 3. The fourth-order valence-electron chi connectivity index (χ4n) is 2.52. The minimum Gasteiger partial charge on any atom is -0.486 e. The van der Waals surface area contributed by atoms with Gasteiger partial charge in [0, 0.05) is 19.2 Å². The molecule has 2 aromatic rings. The second-order valence-electron chi connectivity index (χ2n) is 5.90. The van der Waals surface area contributed by atoms with Gasteiger partial charge < -0.3 is 19.1 Å². The molecule has 142 valence electrons. The quantitative estimate of drug-likeness (QED) is 0.730. The van der Waals surface area contributed by atoms with E-state index in [2.05, 4.69) is 0 Å². The molecule has 0 saturated carbocycles. The van der Waals surface area contributed by atoms with Crippen molar-refractivity contribution in [1.29, 1.82) is 0 Å². The van der Waals surface area contributed by atoms with Gasteiger partial charge in [-0.25, -0.2) is 9.18 Å². The second-order valence-corrected chi connectivity index (χ2v) is 6.31. The van der Waals surface area contributed by atoms with Crippen LogP contribution in [0.15, 0.2) is 36.4 Å². The molecular formula is C19H17ClFNO5. The Bertz CT molecular complexity index is 873. The molecule has 8 heteroatoms. The summed E-state index contributed by atoms with van der Waals surface area (Å²) in [5.74, 6) is -0.860. The van der Waals surface area contributed by atoms with Crippen LogP contribution in [0.25, 0.3) is 0 Å². The minimum atomic E-state index is -0.721. The summed E-state index contributed by atoms with van der Waals surface area (Å²) >= 11 is 6.09. The SMILES string of the molecule is CN(Cc1ccccc1F)C(=O)COC(=O)c1cc(Cl)c2c(c1)OCCO2. The summed E-state index contributed by atoms with van der Waals surface area (Å²) in [4.78, 5) is 25.6. The number of nitrogens with zero attached hydrogens (tertiary/aromatic N) is 1. The van der Waals surface area contributed by atoms with Crippen LogP contribution in [0, 0.1) is 5.82 Å². The molecule has 0 bridgehead atoms. The van der Waals surface area contributed by atoms with E-state index < -0.39 is 24.3 Å². The third-order valence-corrected chi connectivity index (χ3v) is 4.23. The van der Waals surface area contributed by atoms with Crippen LogP contribution in [0.2, 0.25) is 5.02 Å². The standard InChI is InChI=1S/C19H17ClFNO5/c1-22(10-12-4-2-3-5-15(12)21)17(23)11-27-19(24)13-8-14(20)18-16(9-13)25-6-7-26-18/h2-5,8-9H,6-7,10-11H2,1H3. The van der Waals surface area contributed by atoms with Crippen LogP contribution in [0.5, 0.6) is 11.5 Å². The van der Waals surface area contributed by atoms with Crippen LogP contribution >= 0.6 is 11.6 Å². The number of benzene rings is 2. The van der Waals surface area contributed by atoms with E-state index >= 15 is 0 Å². The monoisotopic (exact) mass is 393 g/mol. The molecule has 0 unspecified atom stereocenters. The summed E-state index contributed by atoms with van der Waals surface area (Å²) in [7, 11) is 1.50. The second kappa shape index (κ2) is 8.26. The van der Waals surface area contributed by atoms with Crippen molar-refractivity contribution in [2.45, 2.75) is 6.54 Å². The van der Waals surface area contributed by atoms with Crippen molar-refractivity contribution >= 4 is 23.5 Å². The first kappa shape index (κ1) is 19.0. The minimum absolute atomic E-state index is 0.0684. The van der Waals surface area contributed by atoms with Crippen molar-refractivity contribution in [2.75, 3.05) is 26.9 Å². The van der Waals surface area contributed by atoms with E-state index in [0.29, 0.717) is 30.3 Å². The molecule has 0 atom stereocenters. The van der Waals surface area contributed by atoms with Crippen LogP contribution in [0.1, 0.15) is 15.9 Å². The molecule has 27 heavy (non-hydrogen) atoms. The number of carbonyl (C=O) groups excluding carboxylic acids is 2. The van der Waals surface area contributed by atoms with E-state index in [1.54, 1.807) is 18.2 Å². The fourth-order valence-corrected chi connectivity index (χ4v) is 2.79. The lowest BCUT2D eigenvalue weighted by Gasteiger charge is -2.20. The predicted octanol–water partition coefficient (Wildman–Crippen LogP) is 3.07. The zero-order chi connectivity index (χ0) is 19.4. The maximum absolute atomic E-state index is 13.7. The predicted molar refractivity (Wildman–Crippen MR) is 95.6 cm³/mol. The molecule has 6 nitrogen and oxygen atoms in total. The van der Waals surface area contributed by atoms with Gasteiger partial charge in [0.25, 0.3) is 5.91 Å². The Kier molecular flexibility index (Phi) is 5.81. The summed E-state index contributed by atoms with van der Waals surface area (Å²) in [6.07, 6.45) is 0. The molecule has 0 radical (unpaired) electrons. The first-order valence-corrected chi connectivity index (χ1v) is 8.57. The molecule has 3 rings (SSSR count). The first-order chi connectivity index (χ1) is 13.0. The van der Waals surface area contributed by atoms with Gasteiger partial charge in [-0.2, -0.15) is 0 Å². The number of esters is 1. The van der Waals surface area contributed by atoms with Gasteiger partial charge in [0.05, 0.1) is 10.6 Å². The van der Waals surface area contributed by atoms with E-state index in [1.807, 2.05) is 0 Å². The maximum Gasteiger partial charge on any atom is 0.338 e.